The van der Waals surface area contributed by atoms with Gasteiger partial charge in [0.2, 0.25) is 0 Å². The first-order valence-electron chi connectivity index (χ1n) is 7.91. The van der Waals surface area contributed by atoms with Gasteiger partial charge in [-0.15, -0.1) is 0 Å². The van der Waals surface area contributed by atoms with E-state index in [4.69, 9.17) is 5.26 Å². The zero-order valence-electron chi connectivity index (χ0n) is 13.2. The number of allylic oxidation sites excluding steroid dienone is 2. The highest BCUT2D eigenvalue weighted by Gasteiger charge is 2.21. The lowest BCUT2D eigenvalue weighted by atomic mass is 9.81. The minimum Gasteiger partial charge on any atom is -0.192 e. The Morgan fingerprint density at radius 2 is 1.50 bits per heavy atom. The molecule has 2 aromatic rings. The molecule has 0 radical (unpaired) electrons. The summed E-state index contributed by atoms with van der Waals surface area (Å²) in [6.07, 6.45) is 5.21. The summed E-state index contributed by atoms with van der Waals surface area (Å²) in [6.45, 7) is 0. The summed E-state index contributed by atoms with van der Waals surface area (Å²) in [7, 11) is 0. The minimum atomic E-state index is 0.100. The Labute approximate surface area is 141 Å². The molecular formula is C21H15N3. The van der Waals surface area contributed by atoms with Crippen LogP contribution in [0.1, 0.15) is 53.0 Å². The Hall–Kier alpha value is -3.35. The molecule has 0 fully saturated rings. The quantitative estimate of drug-likeness (QED) is 0.810. The summed E-state index contributed by atoms with van der Waals surface area (Å²) in [5.74, 6) is 0.100. The average Bonchev–Trinajstić information content (AvgIpc) is 2.67. The van der Waals surface area contributed by atoms with Gasteiger partial charge in [0.25, 0.3) is 0 Å². The van der Waals surface area contributed by atoms with Crippen LogP contribution in [0.4, 0.5) is 0 Å². The molecule has 0 spiro atoms. The van der Waals surface area contributed by atoms with E-state index in [9.17, 15) is 10.5 Å². The summed E-state index contributed by atoms with van der Waals surface area (Å²) in [5, 5.41) is 27.9. The number of nitriles is 3. The molecule has 3 nitrogen and oxygen atoms in total. The molecule has 0 heterocycles. The summed E-state index contributed by atoms with van der Waals surface area (Å²) in [6, 6.07) is 19.7. The number of nitrogens with zero attached hydrogens (tertiary/aromatic N) is 3. The molecule has 3 rings (SSSR count). The number of benzene rings is 2. The van der Waals surface area contributed by atoms with Crippen LogP contribution >= 0.6 is 0 Å². The minimum absolute atomic E-state index is 0.100. The van der Waals surface area contributed by atoms with E-state index in [1.165, 1.54) is 11.1 Å². The van der Waals surface area contributed by atoms with Gasteiger partial charge in [-0.2, -0.15) is 15.8 Å². The monoisotopic (exact) mass is 309 g/mol. The van der Waals surface area contributed by atoms with E-state index in [-0.39, 0.29) is 11.5 Å². The van der Waals surface area contributed by atoms with E-state index >= 15 is 0 Å². The molecule has 114 valence electrons. The van der Waals surface area contributed by atoms with Gasteiger partial charge in [-0.1, -0.05) is 36.4 Å². The second-order valence-electron chi connectivity index (χ2n) is 5.88. The van der Waals surface area contributed by atoms with E-state index in [2.05, 4.69) is 30.3 Å². The van der Waals surface area contributed by atoms with Crippen molar-refractivity contribution in [3.8, 4) is 18.2 Å². The maximum atomic E-state index is 9.45. The lowest BCUT2D eigenvalue weighted by Crippen LogP contribution is -2.06. The molecule has 0 bridgehead atoms. The largest absolute Gasteiger partial charge is 0.192 e. The van der Waals surface area contributed by atoms with Crippen LogP contribution < -0.4 is 0 Å². The van der Waals surface area contributed by atoms with Gasteiger partial charge in [0, 0.05) is 5.92 Å². The van der Waals surface area contributed by atoms with Gasteiger partial charge in [0.1, 0.15) is 12.1 Å². The third-order valence-corrected chi connectivity index (χ3v) is 4.46. The summed E-state index contributed by atoms with van der Waals surface area (Å²) >= 11 is 0. The van der Waals surface area contributed by atoms with E-state index in [1.54, 1.807) is 12.1 Å². The first-order chi connectivity index (χ1) is 11.8. The lowest BCUT2D eigenvalue weighted by molar-refractivity contribution is 0.662. The smallest absolute Gasteiger partial charge is 0.101 e. The van der Waals surface area contributed by atoms with Gasteiger partial charge in [0.05, 0.1) is 22.8 Å². The molecule has 0 N–H and O–H groups in total. The Morgan fingerprint density at radius 1 is 0.833 bits per heavy atom. The molecule has 0 aliphatic heterocycles. The maximum absolute atomic E-state index is 9.45. The average molecular weight is 309 g/mol. The Kier molecular flexibility index (Phi) is 4.42. The number of hydrogen-bond donors (Lipinski definition) is 0. The van der Waals surface area contributed by atoms with Crippen molar-refractivity contribution in [2.75, 3.05) is 0 Å². The van der Waals surface area contributed by atoms with Gasteiger partial charge in [-0.25, -0.2) is 0 Å². The standard InChI is InChI=1S/C21H15N3/c22-12-18-10-20(14-24)21(11-19(18)13-23)17-8-4-7-16(9-17)15-5-2-1-3-6-15/h1-3,5-6,9-11,17H,4,7-8H2. The van der Waals surface area contributed by atoms with Crippen molar-refractivity contribution in [2.24, 2.45) is 0 Å². The van der Waals surface area contributed by atoms with E-state index in [0.717, 1.165) is 24.8 Å². The van der Waals surface area contributed by atoms with Crippen LogP contribution in [0, 0.1) is 34.0 Å². The van der Waals surface area contributed by atoms with Crippen molar-refractivity contribution < 1.29 is 0 Å². The van der Waals surface area contributed by atoms with Crippen LogP contribution in [0.25, 0.3) is 5.57 Å². The molecule has 0 amide bonds. The van der Waals surface area contributed by atoms with Crippen LogP contribution in [0.3, 0.4) is 0 Å². The first kappa shape index (κ1) is 15.5. The summed E-state index contributed by atoms with van der Waals surface area (Å²) in [5.41, 5.74) is 4.42. The van der Waals surface area contributed by atoms with E-state index in [0.29, 0.717) is 11.1 Å². The molecule has 2 aromatic carbocycles. The van der Waals surface area contributed by atoms with Crippen LogP contribution in [-0.4, -0.2) is 0 Å². The molecule has 3 heteroatoms. The molecule has 1 aliphatic rings. The first-order valence-corrected chi connectivity index (χ1v) is 7.91. The Balaban J connectivity index is 2.07. The van der Waals surface area contributed by atoms with Gasteiger partial charge < -0.3 is 0 Å². The molecule has 1 aliphatic carbocycles. The van der Waals surface area contributed by atoms with Crippen LogP contribution in [-0.2, 0) is 0 Å². The molecule has 1 atom stereocenters. The van der Waals surface area contributed by atoms with Crippen molar-refractivity contribution in [2.45, 2.75) is 25.2 Å². The van der Waals surface area contributed by atoms with Crippen molar-refractivity contribution in [3.05, 3.63) is 76.4 Å². The topological polar surface area (TPSA) is 71.4 Å². The second-order valence-corrected chi connectivity index (χ2v) is 5.88. The van der Waals surface area contributed by atoms with Crippen LogP contribution in [0.2, 0.25) is 0 Å². The second kappa shape index (κ2) is 6.82. The van der Waals surface area contributed by atoms with Crippen molar-refractivity contribution in [1.82, 2.24) is 0 Å². The fourth-order valence-corrected chi connectivity index (χ4v) is 3.27. The predicted octanol–water partition coefficient (Wildman–Crippen LogP) is 4.65. The van der Waals surface area contributed by atoms with Crippen molar-refractivity contribution >= 4 is 5.57 Å². The molecular weight excluding hydrogens is 294 g/mol. The highest BCUT2D eigenvalue weighted by molar-refractivity contribution is 5.68. The molecule has 0 aromatic heterocycles. The van der Waals surface area contributed by atoms with Gasteiger partial charge in [0.15, 0.2) is 0 Å². The van der Waals surface area contributed by atoms with Crippen molar-refractivity contribution in [1.29, 1.82) is 15.8 Å². The Morgan fingerprint density at radius 3 is 2.17 bits per heavy atom. The van der Waals surface area contributed by atoms with Crippen LogP contribution in [0.5, 0.6) is 0 Å². The fraction of sp³-hybridized carbons (Fsp3) is 0.190. The Bertz CT molecular complexity index is 919. The van der Waals surface area contributed by atoms with E-state index in [1.807, 2.05) is 24.3 Å². The number of rotatable bonds is 2. The molecule has 24 heavy (non-hydrogen) atoms. The summed E-state index contributed by atoms with van der Waals surface area (Å²) in [4.78, 5) is 0. The van der Waals surface area contributed by atoms with Gasteiger partial charge in [-0.05, 0) is 48.1 Å². The zero-order valence-corrected chi connectivity index (χ0v) is 13.2. The van der Waals surface area contributed by atoms with Gasteiger partial charge >= 0.3 is 0 Å². The SMILES string of the molecule is N#Cc1cc(C#N)c(C2C=C(c3ccccc3)CCC2)cc1C#N. The maximum Gasteiger partial charge on any atom is 0.101 e. The molecule has 1 unspecified atom stereocenters. The number of hydrogen-bond acceptors (Lipinski definition) is 3. The summed E-state index contributed by atoms with van der Waals surface area (Å²) < 4.78 is 0. The van der Waals surface area contributed by atoms with Crippen molar-refractivity contribution in [3.63, 3.8) is 0 Å². The molecule has 0 saturated carbocycles. The third-order valence-electron chi connectivity index (χ3n) is 4.46. The van der Waals surface area contributed by atoms with Crippen LogP contribution in [0.15, 0.2) is 48.5 Å². The van der Waals surface area contributed by atoms with Gasteiger partial charge in [-0.3, -0.25) is 0 Å². The highest BCUT2D eigenvalue weighted by atomic mass is 14.3. The normalized spacial score (nSPS) is 16.4. The third kappa shape index (κ3) is 2.91. The highest BCUT2D eigenvalue weighted by Crippen LogP contribution is 2.37. The lowest BCUT2D eigenvalue weighted by Gasteiger charge is -2.23. The fourth-order valence-electron chi connectivity index (χ4n) is 3.27. The zero-order chi connectivity index (χ0) is 16.9. The predicted molar refractivity (Wildman–Crippen MR) is 91.6 cm³/mol. The molecule has 0 saturated heterocycles. The van der Waals surface area contributed by atoms with E-state index < -0.39 is 0 Å².